The van der Waals surface area contributed by atoms with Crippen LogP contribution in [0.25, 0.3) is 0 Å². The topological polar surface area (TPSA) is 45.2 Å². The monoisotopic (exact) mass is 329 g/mol. The number of fused-ring (bicyclic) bond motifs is 1. The Morgan fingerprint density at radius 1 is 1.35 bits per heavy atom. The molecule has 0 spiro atoms. The maximum Gasteiger partial charge on any atom is 0.226 e. The summed E-state index contributed by atoms with van der Waals surface area (Å²) in [7, 11) is 0. The molecule has 5 heteroatoms. The van der Waals surface area contributed by atoms with E-state index in [4.69, 9.17) is 0 Å². The molecule has 1 aliphatic rings. The Bertz CT molecular complexity index is 654. The summed E-state index contributed by atoms with van der Waals surface area (Å²) in [5.74, 6) is 0.0825. The van der Waals surface area contributed by atoms with Gasteiger partial charge >= 0.3 is 0 Å². The summed E-state index contributed by atoms with van der Waals surface area (Å²) in [5.41, 5.74) is 2.50. The van der Waals surface area contributed by atoms with E-state index >= 15 is 0 Å². The smallest absolute Gasteiger partial charge is 0.226 e. The van der Waals surface area contributed by atoms with E-state index in [0.717, 1.165) is 49.7 Å². The molecule has 4 nitrogen and oxygen atoms in total. The summed E-state index contributed by atoms with van der Waals surface area (Å²) in [6.07, 6.45) is 3.52. The van der Waals surface area contributed by atoms with E-state index in [0.29, 0.717) is 6.42 Å². The Hall–Kier alpha value is -1.72. The van der Waals surface area contributed by atoms with E-state index < -0.39 is 0 Å². The van der Waals surface area contributed by atoms with Crippen LogP contribution in [0.2, 0.25) is 0 Å². The Balaban J connectivity index is 1.59. The van der Waals surface area contributed by atoms with E-state index in [-0.39, 0.29) is 5.91 Å². The predicted molar refractivity (Wildman–Crippen MR) is 94.5 cm³/mol. The minimum atomic E-state index is 0.0825. The van der Waals surface area contributed by atoms with Crippen molar-refractivity contribution in [3.05, 3.63) is 46.5 Å². The molecule has 0 atom stereocenters. The summed E-state index contributed by atoms with van der Waals surface area (Å²) >= 11 is 1.63. The number of carbonyl (C=O) groups excluding carboxylic acids is 1. The van der Waals surface area contributed by atoms with Crippen LogP contribution in [-0.4, -0.2) is 22.3 Å². The lowest BCUT2D eigenvalue weighted by molar-refractivity contribution is -0.116. The van der Waals surface area contributed by atoms with Crippen molar-refractivity contribution in [2.24, 2.45) is 0 Å². The van der Waals surface area contributed by atoms with Gasteiger partial charge < -0.3 is 5.32 Å². The molecule has 0 unspecified atom stereocenters. The summed E-state index contributed by atoms with van der Waals surface area (Å²) in [6.45, 7) is 5.01. The Morgan fingerprint density at radius 2 is 2.17 bits per heavy atom. The number of hydrogen-bond donors (Lipinski definition) is 1. The molecular weight excluding hydrogens is 306 g/mol. The van der Waals surface area contributed by atoms with Crippen LogP contribution in [0.4, 0.5) is 5.13 Å². The van der Waals surface area contributed by atoms with E-state index in [1.807, 2.05) is 0 Å². The SMILES string of the molecule is CCCCC(=O)Nc1nc2c(s1)CN(Cc1ccccc1)CC2. The highest BCUT2D eigenvalue weighted by Gasteiger charge is 2.21. The second kappa shape index (κ2) is 7.70. The molecule has 1 amide bonds. The van der Waals surface area contributed by atoms with Crippen LogP contribution in [0.3, 0.4) is 0 Å². The molecule has 2 heterocycles. The Kier molecular flexibility index (Phi) is 5.41. The lowest BCUT2D eigenvalue weighted by atomic mass is 10.1. The fourth-order valence-electron chi connectivity index (χ4n) is 2.80. The van der Waals surface area contributed by atoms with Crippen LogP contribution in [0.15, 0.2) is 30.3 Å². The van der Waals surface area contributed by atoms with Gasteiger partial charge in [0.1, 0.15) is 0 Å². The number of anilines is 1. The molecule has 122 valence electrons. The molecule has 3 rings (SSSR count). The van der Waals surface area contributed by atoms with Crippen LogP contribution >= 0.6 is 11.3 Å². The molecule has 1 aliphatic heterocycles. The van der Waals surface area contributed by atoms with Crippen LogP contribution in [-0.2, 0) is 24.3 Å². The minimum absolute atomic E-state index is 0.0825. The fraction of sp³-hybridized carbons (Fsp3) is 0.444. The van der Waals surface area contributed by atoms with Gasteiger partial charge in [0.15, 0.2) is 5.13 Å². The van der Waals surface area contributed by atoms with Crippen LogP contribution in [0.5, 0.6) is 0 Å². The van der Waals surface area contributed by atoms with Gasteiger partial charge in [-0.3, -0.25) is 9.69 Å². The summed E-state index contributed by atoms with van der Waals surface area (Å²) in [6, 6.07) is 10.6. The third-order valence-electron chi connectivity index (χ3n) is 4.06. The minimum Gasteiger partial charge on any atom is -0.302 e. The molecule has 1 aromatic carbocycles. The first-order valence-corrected chi connectivity index (χ1v) is 9.11. The number of unbranched alkanes of at least 4 members (excludes halogenated alkanes) is 1. The third-order valence-corrected chi connectivity index (χ3v) is 5.06. The first kappa shape index (κ1) is 16.1. The first-order valence-electron chi connectivity index (χ1n) is 8.29. The molecule has 0 aliphatic carbocycles. The average Bonchev–Trinajstić information content (AvgIpc) is 2.95. The zero-order chi connectivity index (χ0) is 16.1. The molecule has 0 fully saturated rings. The lowest BCUT2D eigenvalue weighted by Crippen LogP contribution is -2.29. The van der Waals surface area contributed by atoms with Gasteiger partial charge in [-0.25, -0.2) is 4.98 Å². The summed E-state index contributed by atoms with van der Waals surface area (Å²) in [4.78, 5) is 20.2. The molecule has 23 heavy (non-hydrogen) atoms. The van der Waals surface area contributed by atoms with Crippen LogP contribution < -0.4 is 5.32 Å². The van der Waals surface area contributed by atoms with Crippen molar-refractivity contribution in [2.45, 2.75) is 45.7 Å². The van der Waals surface area contributed by atoms with Gasteiger partial charge in [-0.05, 0) is 12.0 Å². The average molecular weight is 329 g/mol. The second-order valence-corrected chi connectivity index (χ2v) is 7.07. The van der Waals surface area contributed by atoms with Crippen molar-refractivity contribution < 1.29 is 4.79 Å². The molecule has 1 N–H and O–H groups in total. The molecule has 0 bridgehead atoms. The zero-order valence-corrected chi connectivity index (χ0v) is 14.4. The third kappa shape index (κ3) is 4.39. The normalized spacial score (nSPS) is 14.5. The number of rotatable bonds is 6. The van der Waals surface area contributed by atoms with Crippen LogP contribution in [0.1, 0.15) is 42.3 Å². The number of aromatic nitrogens is 1. The first-order chi connectivity index (χ1) is 11.2. The molecule has 0 radical (unpaired) electrons. The molecule has 0 saturated heterocycles. The highest BCUT2D eigenvalue weighted by atomic mass is 32.1. The van der Waals surface area contributed by atoms with Crippen molar-refractivity contribution in [2.75, 3.05) is 11.9 Å². The number of thiazole rings is 1. The lowest BCUT2D eigenvalue weighted by Gasteiger charge is -2.25. The Morgan fingerprint density at radius 3 is 2.96 bits per heavy atom. The van der Waals surface area contributed by atoms with Gasteiger partial charge in [0, 0.05) is 37.4 Å². The highest BCUT2D eigenvalue weighted by Crippen LogP contribution is 2.29. The van der Waals surface area contributed by atoms with Crippen molar-refractivity contribution in [1.29, 1.82) is 0 Å². The second-order valence-electron chi connectivity index (χ2n) is 5.99. The number of benzene rings is 1. The maximum atomic E-state index is 11.8. The van der Waals surface area contributed by atoms with Gasteiger partial charge in [0.2, 0.25) is 5.91 Å². The standard InChI is InChI=1S/C18H23N3OS/c1-2-3-9-17(22)20-18-19-15-10-11-21(13-16(15)23-18)12-14-7-5-4-6-8-14/h4-8H,2-3,9-13H2,1H3,(H,19,20,22). The van der Waals surface area contributed by atoms with Gasteiger partial charge in [-0.15, -0.1) is 11.3 Å². The van der Waals surface area contributed by atoms with Crippen LogP contribution in [0, 0.1) is 0 Å². The number of amides is 1. The zero-order valence-electron chi connectivity index (χ0n) is 13.5. The molecule has 2 aromatic rings. The maximum absolute atomic E-state index is 11.8. The number of carbonyl (C=O) groups is 1. The Labute approximate surface area is 141 Å². The van der Waals surface area contributed by atoms with Gasteiger partial charge in [0.25, 0.3) is 0 Å². The summed E-state index contributed by atoms with van der Waals surface area (Å²) in [5, 5.41) is 3.71. The van der Waals surface area contributed by atoms with Crippen molar-refractivity contribution in [1.82, 2.24) is 9.88 Å². The van der Waals surface area contributed by atoms with E-state index in [9.17, 15) is 4.79 Å². The predicted octanol–water partition coefficient (Wildman–Crippen LogP) is 3.83. The van der Waals surface area contributed by atoms with E-state index in [1.165, 1.54) is 10.4 Å². The summed E-state index contributed by atoms with van der Waals surface area (Å²) < 4.78 is 0. The van der Waals surface area contributed by atoms with Gasteiger partial charge in [0.05, 0.1) is 5.69 Å². The van der Waals surface area contributed by atoms with E-state index in [1.54, 1.807) is 11.3 Å². The van der Waals surface area contributed by atoms with Gasteiger partial charge in [-0.1, -0.05) is 43.7 Å². The fourth-order valence-corrected chi connectivity index (χ4v) is 3.86. The molecule has 0 saturated carbocycles. The van der Waals surface area contributed by atoms with Crippen molar-refractivity contribution >= 4 is 22.4 Å². The molecular formula is C18H23N3OS. The van der Waals surface area contributed by atoms with Crippen molar-refractivity contribution in [3.8, 4) is 0 Å². The number of nitrogens with one attached hydrogen (secondary N) is 1. The number of hydrogen-bond acceptors (Lipinski definition) is 4. The van der Waals surface area contributed by atoms with Gasteiger partial charge in [-0.2, -0.15) is 0 Å². The highest BCUT2D eigenvalue weighted by molar-refractivity contribution is 7.15. The van der Waals surface area contributed by atoms with E-state index in [2.05, 4.69) is 52.5 Å². The largest absolute Gasteiger partial charge is 0.302 e. The van der Waals surface area contributed by atoms with Crippen molar-refractivity contribution in [3.63, 3.8) is 0 Å². The quantitative estimate of drug-likeness (QED) is 0.876. The molecule has 1 aromatic heterocycles. The number of nitrogens with zero attached hydrogens (tertiary/aromatic N) is 2.